The Morgan fingerprint density at radius 1 is 1.10 bits per heavy atom. The lowest BCUT2D eigenvalue weighted by Gasteiger charge is -2.10. The standard InChI is InChI=1S/C16H15N5O6S.CH4/c1-26-13-7-6-12(9-14(13)27-2)28(24,25)20-16-17-15(18-19-16)10-4-3-5-11(8-10)21(22)23;/h3-9H,1-2H3,(H2,17,18,19,20);1H4. The largest absolute Gasteiger partial charge is 0.493 e. The molecule has 3 rings (SSSR count). The first-order chi connectivity index (χ1) is 13.3. The number of sulfonamides is 1. The minimum atomic E-state index is -4.00. The number of nitrogens with zero attached hydrogens (tertiary/aromatic N) is 3. The number of ether oxygens (including phenoxy) is 2. The fourth-order valence-corrected chi connectivity index (χ4v) is 3.33. The van der Waals surface area contributed by atoms with Gasteiger partial charge in [-0.05, 0) is 12.1 Å². The zero-order chi connectivity index (χ0) is 20.3. The second-order valence-corrected chi connectivity index (χ2v) is 7.12. The summed E-state index contributed by atoms with van der Waals surface area (Å²) in [6, 6.07) is 9.81. The van der Waals surface area contributed by atoms with Gasteiger partial charge in [0.1, 0.15) is 0 Å². The Morgan fingerprint density at radius 3 is 2.48 bits per heavy atom. The minimum absolute atomic E-state index is 0. The summed E-state index contributed by atoms with van der Waals surface area (Å²) in [4.78, 5) is 14.3. The van der Waals surface area contributed by atoms with Crippen LogP contribution in [0.4, 0.5) is 11.6 Å². The molecule has 2 aromatic carbocycles. The summed E-state index contributed by atoms with van der Waals surface area (Å²) >= 11 is 0. The molecule has 12 heteroatoms. The van der Waals surface area contributed by atoms with Crippen LogP contribution in [0.3, 0.4) is 0 Å². The second-order valence-electron chi connectivity index (χ2n) is 5.44. The second kappa shape index (κ2) is 8.56. The predicted molar refractivity (Wildman–Crippen MR) is 106 cm³/mol. The molecular formula is C17H19N5O6S. The maximum absolute atomic E-state index is 12.6. The molecule has 154 valence electrons. The number of H-pyrrole nitrogens is 1. The first kappa shape index (κ1) is 21.6. The number of aromatic amines is 1. The van der Waals surface area contributed by atoms with E-state index in [0.717, 1.165) is 0 Å². The number of nitro groups is 1. The molecule has 11 nitrogen and oxygen atoms in total. The van der Waals surface area contributed by atoms with E-state index in [4.69, 9.17) is 9.47 Å². The molecule has 0 amide bonds. The smallest absolute Gasteiger partial charge is 0.270 e. The summed E-state index contributed by atoms with van der Waals surface area (Å²) < 4.78 is 37.6. The number of benzene rings is 2. The van der Waals surface area contributed by atoms with E-state index in [-0.39, 0.29) is 35.5 Å². The van der Waals surface area contributed by atoms with E-state index in [1.54, 1.807) is 6.07 Å². The van der Waals surface area contributed by atoms with Crippen molar-refractivity contribution in [3.63, 3.8) is 0 Å². The van der Waals surface area contributed by atoms with Crippen LogP contribution in [0.2, 0.25) is 0 Å². The Labute approximate surface area is 166 Å². The van der Waals surface area contributed by atoms with Gasteiger partial charge in [0, 0.05) is 23.8 Å². The molecule has 1 heterocycles. The van der Waals surface area contributed by atoms with Gasteiger partial charge < -0.3 is 9.47 Å². The van der Waals surface area contributed by atoms with Gasteiger partial charge in [-0.15, -0.1) is 5.10 Å². The van der Waals surface area contributed by atoms with Crippen molar-refractivity contribution < 1.29 is 22.8 Å². The molecule has 0 aliphatic heterocycles. The lowest BCUT2D eigenvalue weighted by molar-refractivity contribution is -0.384. The van der Waals surface area contributed by atoms with E-state index < -0.39 is 14.9 Å². The molecule has 0 saturated carbocycles. The van der Waals surface area contributed by atoms with Crippen molar-refractivity contribution in [3.8, 4) is 22.9 Å². The third kappa shape index (κ3) is 4.60. The Hall–Kier alpha value is -3.67. The third-order valence-electron chi connectivity index (χ3n) is 3.71. The van der Waals surface area contributed by atoms with Gasteiger partial charge in [-0.25, -0.2) is 13.1 Å². The molecule has 0 saturated heterocycles. The van der Waals surface area contributed by atoms with Crippen LogP contribution >= 0.6 is 0 Å². The summed E-state index contributed by atoms with van der Waals surface area (Å²) in [6.45, 7) is 0. The van der Waals surface area contributed by atoms with E-state index in [9.17, 15) is 18.5 Å². The lowest BCUT2D eigenvalue weighted by atomic mass is 10.2. The maximum atomic E-state index is 12.6. The van der Waals surface area contributed by atoms with Crippen molar-refractivity contribution in [3.05, 3.63) is 52.6 Å². The third-order valence-corrected chi connectivity index (χ3v) is 5.03. The summed E-state index contributed by atoms with van der Waals surface area (Å²) in [6.07, 6.45) is 0. The average Bonchev–Trinajstić information content (AvgIpc) is 3.15. The van der Waals surface area contributed by atoms with E-state index in [0.29, 0.717) is 11.3 Å². The van der Waals surface area contributed by atoms with Crippen molar-refractivity contribution in [2.24, 2.45) is 0 Å². The molecule has 0 unspecified atom stereocenters. The van der Waals surface area contributed by atoms with Gasteiger partial charge in [-0.1, -0.05) is 19.6 Å². The van der Waals surface area contributed by atoms with Crippen molar-refractivity contribution in [1.29, 1.82) is 0 Å². The van der Waals surface area contributed by atoms with Crippen LogP contribution in [0.25, 0.3) is 11.4 Å². The number of rotatable bonds is 7. The molecule has 3 aromatic rings. The van der Waals surface area contributed by atoms with Crippen molar-refractivity contribution in [2.75, 3.05) is 18.9 Å². The van der Waals surface area contributed by atoms with E-state index in [1.807, 2.05) is 0 Å². The number of nitro benzene ring substituents is 1. The average molecular weight is 421 g/mol. The summed E-state index contributed by atoms with van der Waals surface area (Å²) in [5.41, 5.74) is 0.264. The Morgan fingerprint density at radius 2 is 1.83 bits per heavy atom. The molecule has 0 spiro atoms. The fourth-order valence-electron chi connectivity index (χ4n) is 2.37. The van der Waals surface area contributed by atoms with Gasteiger partial charge >= 0.3 is 0 Å². The van der Waals surface area contributed by atoms with Gasteiger partial charge in [-0.2, -0.15) is 4.98 Å². The van der Waals surface area contributed by atoms with Crippen molar-refractivity contribution in [1.82, 2.24) is 15.2 Å². The highest BCUT2D eigenvalue weighted by molar-refractivity contribution is 7.92. The molecule has 0 atom stereocenters. The monoisotopic (exact) mass is 421 g/mol. The van der Waals surface area contributed by atoms with Gasteiger partial charge in [0.2, 0.25) is 0 Å². The zero-order valence-electron chi connectivity index (χ0n) is 14.7. The van der Waals surface area contributed by atoms with Crippen LogP contribution in [-0.2, 0) is 10.0 Å². The number of methoxy groups -OCH3 is 2. The van der Waals surface area contributed by atoms with Crippen molar-refractivity contribution >= 4 is 21.7 Å². The molecule has 0 aliphatic rings. The van der Waals surface area contributed by atoms with Crippen LogP contribution in [-0.4, -0.2) is 42.7 Å². The van der Waals surface area contributed by atoms with Gasteiger partial charge in [0.05, 0.1) is 24.0 Å². The number of nitrogens with one attached hydrogen (secondary N) is 2. The number of hydrogen-bond donors (Lipinski definition) is 2. The minimum Gasteiger partial charge on any atom is -0.493 e. The molecule has 0 bridgehead atoms. The van der Waals surface area contributed by atoms with Gasteiger partial charge in [0.25, 0.3) is 21.7 Å². The topological polar surface area (TPSA) is 149 Å². The molecule has 0 fully saturated rings. The first-order valence-corrected chi connectivity index (χ1v) is 9.24. The predicted octanol–water partition coefficient (Wildman–Crippen LogP) is 2.83. The van der Waals surface area contributed by atoms with E-state index in [1.165, 1.54) is 50.6 Å². The molecule has 0 radical (unpaired) electrons. The first-order valence-electron chi connectivity index (χ1n) is 7.76. The Kier molecular flexibility index (Phi) is 6.38. The maximum Gasteiger partial charge on any atom is 0.270 e. The normalized spacial score (nSPS) is 10.7. The number of anilines is 1. The zero-order valence-corrected chi connectivity index (χ0v) is 15.6. The van der Waals surface area contributed by atoms with E-state index >= 15 is 0 Å². The Balaban J connectivity index is 0.00000300. The van der Waals surface area contributed by atoms with Gasteiger partial charge in [-0.3, -0.25) is 15.2 Å². The number of hydrogen-bond acceptors (Lipinski definition) is 8. The van der Waals surface area contributed by atoms with Crippen LogP contribution in [0, 0.1) is 10.1 Å². The molecule has 29 heavy (non-hydrogen) atoms. The fraction of sp³-hybridized carbons (Fsp3) is 0.176. The van der Waals surface area contributed by atoms with Crippen LogP contribution in [0.5, 0.6) is 11.5 Å². The van der Waals surface area contributed by atoms with Crippen LogP contribution in [0.15, 0.2) is 47.4 Å². The molecular weight excluding hydrogens is 402 g/mol. The van der Waals surface area contributed by atoms with Crippen LogP contribution < -0.4 is 14.2 Å². The highest BCUT2D eigenvalue weighted by Gasteiger charge is 2.20. The highest BCUT2D eigenvalue weighted by Crippen LogP contribution is 2.30. The molecule has 0 aliphatic carbocycles. The van der Waals surface area contributed by atoms with Crippen LogP contribution in [0.1, 0.15) is 7.43 Å². The van der Waals surface area contributed by atoms with Crippen molar-refractivity contribution in [2.45, 2.75) is 12.3 Å². The highest BCUT2D eigenvalue weighted by atomic mass is 32.2. The van der Waals surface area contributed by atoms with Gasteiger partial charge in [0.15, 0.2) is 17.3 Å². The SMILES string of the molecule is C.COc1ccc(S(=O)(=O)Nc2n[nH]c(-c3cccc([N+](=O)[O-])c3)n2)cc1OC. The Bertz CT molecular complexity index is 1130. The number of aromatic nitrogens is 3. The quantitative estimate of drug-likeness (QED) is 0.437. The summed E-state index contributed by atoms with van der Waals surface area (Å²) in [5.74, 6) is 0.593. The molecule has 2 N–H and O–H groups in total. The summed E-state index contributed by atoms with van der Waals surface area (Å²) in [5, 5.41) is 17.2. The number of non-ortho nitro benzene ring substituents is 1. The molecule has 1 aromatic heterocycles. The van der Waals surface area contributed by atoms with E-state index in [2.05, 4.69) is 19.9 Å². The lowest BCUT2D eigenvalue weighted by Crippen LogP contribution is -2.14. The summed E-state index contributed by atoms with van der Waals surface area (Å²) in [7, 11) is -1.17.